The second-order valence-electron chi connectivity index (χ2n) is 3.70. The molecule has 2 aromatic rings. The molecule has 1 aliphatic rings. The Morgan fingerprint density at radius 2 is 2.47 bits per heavy atom. The predicted molar refractivity (Wildman–Crippen MR) is 62.3 cm³/mol. The lowest BCUT2D eigenvalue weighted by Crippen LogP contribution is -2.22. The van der Waals surface area contributed by atoms with E-state index in [0.717, 1.165) is 35.5 Å². The monoisotopic (exact) mass is 220 g/mol. The van der Waals surface area contributed by atoms with Crippen molar-refractivity contribution in [2.75, 3.05) is 18.4 Å². The van der Waals surface area contributed by atoms with Crippen molar-refractivity contribution in [3.05, 3.63) is 17.8 Å². The minimum Gasteiger partial charge on any atom is -0.365 e. The van der Waals surface area contributed by atoms with Crippen molar-refractivity contribution in [3.8, 4) is 0 Å². The molecule has 0 bridgehead atoms. The lowest BCUT2D eigenvalue weighted by Gasteiger charge is -2.12. The summed E-state index contributed by atoms with van der Waals surface area (Å²) in [5, 5.41) is 9.98. The van der Waals surface area contributed by atoms with E-state index >= 15 is 0 Å². The van der Waals surface area contributed by atoms with Gasteiger partial charge in [-0.3, -0.25) is 0 Å². The first-order valence-corrected chi connectivity index (χ1v) is 5.97. The highest BCUT2D eigenvalue weighted by Crippen LogP contribution is 2.24. The zero-order valence-corrected chi connectivity index (χ0v) is 9.05. The molecule has 1 aliphatic heterocycles. The van der Waals surface area contributed by atoms with Crippen LogP contribution in [0.3, 0.4) is 0 Å². The molecule has 0 aliphatic carbocycles. The number of hydrogen-bond acceptors (Lipinski definition) is 5. The van der Waals surface area contributed by atoms with Gasteiger partial charge in [-0.15, -0.1) is 11.3 Å². The van der Waals surface area contributed by atoms with Gasteiger partial charge in [-0.25, -0.2) is 9.97 Å². The van der Waals surface area contributed by atoms with Gasteiger partial charge < -0.3 is 10.6 Å². The Balaban J connectivity index is 1.92. The van der Waals surface area contributed by atoms with Gasteiger partial charge in [0.05, 0.1) is 5.39 Å². The Hall–Kier alpha value is -1.20. The fourth-order valence-electron chi connectivity index (χ4n) is 1.88. The van der Waals surface area contributed by atoms with Crippen molar-refractivity contribution >= 4 is 27.4 Å². The summed E-state index contributed by atoms with van der Waals surface area (Å²) in [6.45, 7) is 2.12. The van der Waals surface area contributed by atoms with Crippen LogP contribution in [0.2, 0.25) is 0 Å². The van der Waals surface area contributed by atoms with Crippen molar-refractivity contribution in [2.24, 2.45) is 0 Å². The molecule has 78 valence electrons. The molecular formula is C10H12N4S. The summed E-state index contributed by atoms with van der Waals surface area (Å²) in [5.41, 5.74) is 0. The van der Waals surface area contributed by atoms with Gasteiger partial charge in [0.15, 0.2) is 0 Å². The zero-order chi connectivity index (χ0) is 10.1. The van der Waals surface area contributed by atoms with E-state index in [1.54, 1.807) is 17.7 Å². The summed E-state index contributed by atoms with van der Waals surface area (Å²) in [5.74, 6) is 0.968. The van der Waals surface area contributed by atoms with E-state index in [0.29, 0.717) is 6.04 Å². The maximum Gasteiger partial charge on any atom is 0.138 e. The highest BCUT2D eigenvalue weighted by Gasteiger charge is 2.15. The number of thiophene rings is 1. The third kappa shape index (κ3) is 1.68. The summed E-state index contributed by atoms with van der Waals surface area (Å²) in [6, 6.07) is 2.58. The molecule has 2 N–H and O–H groups in total. The standard InChI is InChI=1S/C10H12N4S/c1-3-11-5-7(1)14-9-8-2-4-15-10(8)13-6-12-9/h2,4,6-7,11H,1,3,5H2,(H,12,13,14)/t7-/m0/s1. The zero-order valence-electron chi connectivity index (χ0n) is 8.23. The van der Waals surface area contributed by atoms with E-state index in [2.05, 4.69) is 32.0 Å². The topological polar surface area (TPSA) is 49.8 Å². The van der Waals surface area contributed by atoms with Crippen molar-refractivity contribution in [1.29, 1.82) is 0 Å². The van der Waals surface area contributed by atoms with E-state index < -0.39 is 0 Å². The van der Waals surface area contributed by atoms with Crippen LogP contribution in [0.15, 0.2) is 17.8 Å². The fraction of sp³-hybridized carbons (Fsp3) is 0.400. The molecule has 1 atom stereocenters. The van der Waals surface area contributed by atoms with E-state index in [4.69, 9.17) is 0 Å². The molecule has 1 fully saturated rings. The normalized spacial score (nSPS) is 20.9. The van der Waals surface area contributed by atoms with Crippen molar-refractivity contribution in [2.45, 2.75) is 12.5 Å². The van der Waals surface area contributed by atoms with E-state index in [9.17, 15) is 0 Å². The van der Waals surface area contributed by atoms with Gasteiger partial charge in [0.25, 0.3) is 0 Å². The Kier molecular flexibility index (Phi) is 2.26. The van der Waals surface area contributed by atoms with Crippen molar-refractivity contribution in [1.82, 2.24) is 15.3 Å². The Bertz CT molecular complexity index is 461. The lowest BCUT2D eigenvalue weighted by molar-refractivity contribution is 0.789. The van der Waals surface area contributed by atoms with E-state index in [1.165, 1.54) is 0 Å². The number of nitrogens with zero attached hydrogens (tertiary/aromatic N) is 2. The second kappa shape index (κ2) is 3.75. The smallest absolute Gasteiger partial charge is 0.138 e. The predicted octanol–water partition coefficient (Wildman–Crippen LogP) is 1.47. The molecule has 0 saturated carbocycles. The van der Waals surface area contributed by atoms with Crippen molar-refractivity contribution in [3.63, 3.8) is 0 Å². The van der Waals surface area contributed by atoms with Crippen LogP contribution < -0.4 is 10.6 Å². The number of fused-ring (bicyclic) bond motifs is 1. The third-order valence-electron chi connectivity index (χ3n) is 2.66. The van der Waals surface area contributed by atoms with Crippen LogP contribution in [0.25, 0.3) is 10.2 Å². The van der Waals surface area contributed by atoms with Crippen molar-refractivity contribution < 1.29 is 0 Å². The number of aromatic nitrogens is 2. The Morgan fingerprint density at radius 1 is 1.47 bits per heavy atom. The summed E-state index contributed by atoms with van der Waals surface area (Å²) in [6.07, 6.45) is 2.79. The van der Waals surface area contributed by atoms with Crippen LogP contribution in [0.5, 0.6) is 0 Å². The van der Waals surface area contributed by atoms with Gasteiger partial charge in [0.2, 0.25) is 0 Å². The summed E-state index contributed by atoms with van der Waals surface area (Å²) in [7, 11) is 0. The first-order chi connectivity index (χ1) is 7.43. The van der Waals surface area contributed by atoms with Crippen LogP contribution in [-0.4, -0.2) is 29.1 Å². The van der Waals surface area contributed by atoms with Crippen LogP contribution in [-0.2, 0) is 0 Å². The molecule has 0 aromatic carbocycles. The summed E-state index contributed by atoms with van der Waals surface area (Å²) < 4.78 is 0. The summed E-state index contributed by atoms with van der Waals surface area (Å²) in [4.78, 5) is 9.58. The molecule has 1 saturated heterocycles. The van der Waals surface area contributed by atoms with Gasteiger partial charge in [-0.2, -0.15) is 0 Å². The quantitative estimate of drug-likeness (QED) is 0.804. The molecule has 2 aromatic heterocycles. The molecule has 0 unspecified atom stereocenters. The van der Waals surface area contributed by atoms with Crippen LogP contribution in [0, 0.1) is 0 Å². The highest BCUT2D eigenvalue weighted by atomic mass is 32.1. The number of anilines is 1. The maximum absolute atomic E-state index is 4.30. The van der Waals surface area contributed by atoms with E-state index in [-0.39, 0.29) is 0 Å². The van der Waals surface area contributed by atoms with E-state index in [1.807, 2.05) is 0 Å². The van der Waals surface area contributed by atoms with Gasteiger partial charge in [0, 0.05) is 12.6 Å². The highest BCUT2D eigenvalue weighted by molar-refractivity contribution is 7.16. The largest absolute Gasteiger partial charge is 0.365 e. The maximum atomic E-state index is 4.30. The molecule has 3 heterocycles. The van der Waals surface area contributed by atoms with Gasteiger partial charge in [-0.05, 0) is 24.4 Å². The number of nitrogens with one attached hydrogen (secondary N) is 2. The molecule has 3 rings (SSSR count). The summed E-state index contributed by atoms with van der Waals surface area (Å²) >= 11 is 1.65. The number of hydrogen-bond donors (Lipinski definition) is 2. The second-order valence-corrected chi connectivity index (χ2v) is 4.59. The van der Waals surface area contributed by atoms with Crippen LogP contribution >= 0.6 is 11.3 Å². The SMILES string of the molecule is c1nc(N[C@H]2CCNC2)c2ccsc2n1. The fourth-order valence-corrected chi connectivity index (χ4v) is 2.61. The van der Waals surface area contributed by atoms with Gasteiger partial charge in [0.1, 0.15) is 17.0 Å². The first-order valence-electron chi connectivity index (χ1n) is 5.09. The first kappa shape index (κ1) is 9.06. The minimum atomic E-state index is 0.503. The van der Waals surface area contributed by atoms with Gasteiger partial charge in [-0.1, -0.05) is 0 Å². The average Bonchev–Trinajstić information content (AvgIpc) is 2.87. The molecule has 4 nitrogen and oxygen atoms in total. The average molecular weight is 220 g/mol. The lowest BCUT2D eigenvalue weighted by atomic mass is 10.2. The minimum absolute atomic E-state index is 0.503. The van der Waals surface area contributed by atoms with Crippen LogP contribution in [0.4, 0.5) is 5.82 Å². The Morgan fingerprint density at radius 3 is 3.33 bits per heavy atom. The molecule has 0 spiro atoms. The molecule has 15 heavy (non-hydrogen) atoms. The molecule has 5 heteroatoms. The molecule has 0 radical (unpaired) electrons. The number of rotatable bonds is 2. The Labute approximate surface area is 91.7 Å². The van der Waals surface area contributed by atoms with Gasteiger partial charge >= 0.3 is 0 Å². The third-order valence-corrected chi connectivity index (χ3v) is 3.48. The van der Waals surface area contributed by atoms with Crippen LogP contribution in [0.1, 0.15) is 6.42 Å². The molecular weight excluding hydrogens is 208 g/mol. The molecule has 0 amide bonds.